The molecule has 0 aliphatic rings. The summed E-state index contributed by atoms with van der Waals surface area (Å²) in [6.45, 7) is -0.175. The van der Waals surface area contributed by atoms with Crippen LogP contribution in [0.4, 0.5) is 4.39 Å². The predicted octanol–water partition coefficient (Wildman–Crippen LogP) is 0.817. The summed E-state index contributed by atoms with van der Waals surface area (Å²) >= 11 is 0. The molecule has 3 rings (SSSR count). The minimum absolute atomic E-state index is 0.0346. The number of halogens is 1. The van der Waals surface area contributed by atoms with Crippen molar-refractivity contribution in [1.29, 1.82) is 0 Å². The average molecular weight is 354 g/mol. The molecule has 9 heteroatoms. The zero-order chi connectivity index (χ0) is 18.5. The summed E-state index contributed by atoms with van der Waals surface area (Å²) in [5.74, 6) is -1.46. The zero-order valence-electron chi connectivity index (χ0n) is 13.5. The van der Waals surface area contributed by atoms with Gasteiger partial charge in [0.2, 0.25) is 5.91 Å². The van der Waals surface area contributed by atoms with Crippen LogP contribution in [0.5, 0.6) is 0 Å². The van der Waals surface area contributed by atoms with Crippen LogP contribution < -0.4 is 11.1 Å². The Labute approximate surface area is 147 Å². The molecule has 3 N–H and O–H groups in total. The van der Waals surface area contributed by atoms with Crippen molar-refractivity contribution in [2.45, 2.75) is 12.6 Å². The van der Waals surface area contributed by atoms with Gasteiger partial charge < -0.3 is 11.1 Å². The first-order chi connectivity index (χ1) is 12.5. The van der Waals surface area contributed by atoms with E-state index in [4.69, 9.17) is 5.73 Å². The lowest BCUT2D eigenvalue weighted by Crippen LogP contribution is -2.29. The van der Waals surface area contributed by atoms with Gasteiger partial charge in [0.15, 0.2) is 5.69 Å². The molecule has 2 heterocycles. The molecular weight excluding hydrogens is 339 g/mol. The van der Waals surface area contributed by atoms with Crippen LogP contribution in [0.15, 0.2) is 55.0 Å². The van der Waals surface area contributed by atoms with E-state index in [-0.39, 0.29) is 18.1 Å². The van der Waals surface area contributed by atoms with Crippen LogP contribution in [0.3, 0.4) is 0 Å². The fraction of sp³-hybridized carbons (Fsp3) is 0.118. The Balaban J connectivity index is 1.85. The minimum atomic E-state index is -0.595. The third kappa shape index (κ3) is 4.07. The van der Waals surface area contributed by atoms with Crippen molar-refractivity contribution in [3.8, 4) is 0 Å². The zero-order valence-corrected chi connectivity index (χ0v) is 13.5. The van der Waals surface area contributed by atoms with Gasteiger partial charge >= 0.3 is 0 Å². The second-order valence-electron chi connectivity index (χ2n) is 5.51. The van der Waals surface area contributed by atoms with Gasteiger partial charge in [-0.2, -0.15) is 0 Å². The number of carbonyl (C=O) groups excluding carboxylic acids is 2. The molecule has 0 saturated carbocycles. The summed E-state index contributed by atoms with van der Waals surface area (Å²) in [5, 5.41) is 10.3. The number of carbonyl (C=O) groups is 2. The maximum atomic E-state index is 13.2. The SMILES string of the molecule is NC(=O)Cn1cc(C(=O)NC(c2ccncc2)c2ccc(F)cc2)nn1. The molecule has 26 heavy (non-hydrogen) atoms. The number of hydrogen-bond donors (Lipinski definition) is 2. The van der Waals surface area contributed by atoms with Crippen LogP contribution in [0.25, 0.3) is 0 Å². The van der Waals surface area contributed by atoms with Crippen LogP contribution in [0.1, 0.15) is 27.7 Å². The number of benzene rings is 1. The number of aromatic nitrogens is 4. The monoisotopic (exact) mass is 354 g/mol. The molecule has 0 radical (unpaired) electrons. The Kier molecular flexibility index (Phi) is 4.97. The maximum Gasteiger partial charge on any atom is 0.274 e. The molecule has 0 fully saturated rings. The highest BCUT2D eigenvalue weighted by Crippen LogP contribution is 2.22. The van der Waals surface area contributed by atoms with Gasteiger partial charge in [-0.05, 0) is 35.4 Å². The summed E-state index contributed by atoms with van der Waals surface area (Å²) in [4.78, 5) is 27.4. The number of rotatable bonds is 6. The Morgan fingerprint density at radius 3 is 2.42 bits per heavy atom. The van der Waals surface area contributed by atoms with Crippen LogP contribution in [0, 0.1) is 5.82 Å². The van der Waals surface area contributed by atoms with Gasteiger partial charge in [0.05, 0.1) is 12.2 Å². The molecule has 1 atom stereocenters. The first kappa shape index (κ1) is 17.2. The van der Waals surface area contributed by atoms with Gasteiger partial charge in [0.1, 0.15) is 12.4 Å². The van der Waals surface area contributed by atoms with E-state index in [1.54, 1.807) is 36.7 Å². The van der Waals surface area contributed by atoms with E-state index in [1.165, 1.54) is 23.0 Å². The van der Waals surface area contributed by atoms with Crippen molar-refractivity contribution in [3.63, 3.8) is 0 Å². The predicted molar refractivity (Wildman–Crippen MR) is 89.2 cm³/mol. The number of amides is 2. The number of nitrogens with one attached hydrogen (secondary N) is 1. The van der Waals surface area contributed by atoms with Gasteiger partial charge in [-0.25, -0.2) is 9.07 Å². The number of nitrogens with zero attached hydrogens (tertiary/aromatic N) is 4. The van der Waals surface area contributed by atoms with E-state index >= 15 is 0 Å². The van der Waals surface area contributed by atoms with Crippen molar-refractivity contribution >= 4 is 11.8 Å². The minimum Gasteiger partial charge on any atom is -0.368 e. The van der Waals surface area contributed by atoms with Crippen molar-refractivity contribution in [3.05, 3.63) is 77.6 Å². The van der Waals surface area contributed by atoms with E-state index in [0.29, 0.717) is 5.56 Å². The fourth-order valence-corrected chi connectivity index (χ4v) is 2.41. The summed E-state index contributed by atoms with van der Waals surface area (Å²) < 4.78 is 14.4. The quantitative estimate of drug-likeness (QED) is 0.680. The molecule has 0 aliphatic carbocycles. The molecule has 0 aliphatic heterocycles. The molecule has 3 aromatic rings. The van der Waals surface area contributed by atoms with E-state index in [0.717, 1.165) is 5.56 Å². The summed E-state index contributed by atoms with van der Waals surface area (Å²) in [6.07, 6.45) is 4.52. The molecule has 1 unspecified atom stereocenters. The number of primary amides is 1. The molecule has 132 valence electrons. The number of pyridine rings is 1. The smallest absolute Gasteiger partial charge is 0.274 e. The van der Waals surface area contributed by atoms with Gasteiger partial charge in [-0.15, -0.1) is 5.10 Å². The molecule has 2 aromatic heterocycles. The lowest BCUT2D eigenvalue weighted by Gasteiger charge is -2.19. The highest BCUT2D eigenvalue weighted by molar-refractivity contribution is 5.92. The summed E-state index contributed by atoms with van der Waals surface area (Å²) in [6, 6.07) is 8.77. The van der Waals surface area contributed by atoms with Gasteiger partial charge in [0, 0.05) is 12.4 Å². The Morgan fingerprint density at radius 2 is 1.77 bits per heavy atom. The first-order valence-electron chi connectivity index (χ1n) is 7.67. The van der Waals surface area contributed by atoms with E-state index in [9.17, 15) is 14.0 Å². The van der Waals surface area contributed by atoms with Crippen molar-refractivity contribution < 1.29 is 14.0 Å². The molecule has 0 saturated heterocycles. The van der Waals surface area contributed by atoms with E-state index < -0.39 is 17.9 Å². The lowest BCUT2D eigenvalue weighted by atomic mass is 9.99. The van der Waals surface area contributed by atoms with Crippen LogP contribution in [0.2, 0.25) is 0 Å². The van der Waals surface area contributed by atoms with E-state index in [2.05, 4.69) is 20.6 Å². The summed E-state index contributed by atoms with van der Waals surface area (Å²) in [7, 11) is 0. The molecular formula is C17H15FN6O2. The molecule has 1 aromatic carbocycles. The Bertz CT molecular complexity index is 911. The van der Waals surface area contributed by atoms with Gasteiger partial charge in [-0.3, -0.25) is 14.6 Å². The van der Waals surface area contributed by atoms with Crippen LogP contribution in [-0.4, -0.2) is 31.8 Å². The highest BCUT2D eigenvalue weighted by Gasteiger charge is 2.20. The number of nitrogens with two attached hydrogens (primary N) is 1. The second kappa shape index (κ2) is 7.51. The molecule has 8 nitrogen and oxygen atoms in total. The van der Waals surface area contributed by atoms with Crippen molar-refractivity contribution in [1.82, 2.24) is 25.3 Å². The molecule has 2 amide bonds. The van der Waals surface area contributed by atoms with Gasteiger partial charge in [-0.1, -0.05) is 17.3 Å². The second-order valence-corrected chi connectivity index (χ2v) is 5.51. The Hall–Kier alpha value is -3.62. The standard InChI is InChI=1S/C17H15FN6O2/c18-13-3-1-11(2-4-13)16(12-5-7-20-8-6-12)21-17(26)14-9-24(23-22-14)10-15(19)25/h1-9,16H,10H2,(H2,19,25)(H,21,26). The highest BCUT2D eigenvalue weighted by atomic mass is 19.1. The third-order valence-corrected chi connectivity index (χ3v) is 3.61. The topological polar surface area (TPSA) is 116 Å². The van der Waals surface area contributed by atoms with E-state index in [1.807, 2.05) is 0 Å². The first-order valence-corrected chi connectivity index (χ1v) is 7.67. The normalized spacial score (nSPS) is 11.7. The average Bonchev–Trinajstić information content (AvgIpc) is 3.09. The van der Waals surface area contributed by atoms with Crippen LogP contribution >= 0.6 is 0 Å². The largest absolute Gasteiger partial charge is 0.368 e. The third-order valence-electron chi connectivity index (χ3n) is 3.61. The maximum absolute atomic E-state index is 13.2. The Morgan fingerprint density at radius 1 is 1.12 bits per heavy atom. The lowest BCUT2D eigenvalue weighted by molar-refractivity contribution is -0.118. The number of hydrogen-bond acceptors (Lipinski definition) is 5. The summed E-state index contributed by atoms with van der Waals surface area (Å²) in [5.41, 5.74) is 6.58. The fourth-order valence-electron chi connectivity index (χ4n) is 2.41. The van der Waals surface area contributed by atoms with Gasteiger partial charge in [0.25, 0.3) is 5.91 Å². The molecule has 0 bridgehead atoms. The van der Waals surface area contributed by atoms with Crippen molar-refractivity contribution in [2.24, 2.45) is 5.73 Å². The molecule has 0 spiro atoms. The van der Waals surface area contributed by atoms with Crippen molar-refractivity contribution in [2.75, 3.05) is 0 Å². The van der Waals surface area contributed by atoms with Crippen LogP contribution in [-0.2, 0) is 11.3 Å².